The van der Waals surface area contributed by atoms with E-state index in [1.54, 1.807) is 12.1 Å². The zero-order valence-electron chi connectivity index (χ0n) is 21.8. The van der Waals surface area contributed by atoms with Gasteiger partial charge in [0.2, 0.25) is 11.4 Å². The highest BCUT2D eigenvalue weighted by Gasteiger charge is 2.22. The predicted molar refractivity (Wildman–Crippen MR) is 122 cm³/mol. The van der Waals surface area contributed by atoms with Crippen LogP contribution in [0, 0.1) is 20.4 Å². The Bertz CT molecular complexity index is 1720. The van der Waals surface area contributed by atoms with Crippen molar-refractivity contribution in [2.24, 2.45) is 7.05 Å². The number of furan rings is 1. The van der Waals surface area contributed by atoms with Crippen molar-refractivity contribution in [3.8, 4) is 22.4 Å². The minimum Gasteiger partial charge on any atom is -0.466 e. The van der Waals surface area contributed by atoms with Gasteiger partial charge >= 0.3 is 0 Å². The summed E-state index contributed by atoms with van der Waals surface area (Å²) in [5.41, 5.74) is 5.37. The summed E-state index contributed by atoms with van der Waals surface area (Å²) in [6.45, 7) is 12.0. The highest BCUT2D eigenvalue weighted by molar-refractivity contribution is 6.14. The average molecular weight is 395 g/mol. The molecule has 3 heteroatoms. The van der Waals surface area contributed by atoms with Crippen LogP contribution in [0.2, 0.25) is 0 Å². The standard InChI is InChI=1S/C27H21N2O/c1-17-14-15-29(4)23(16-17)24-18(2)10-11-21-22-13-12-20(19-8-6-5-7-9-19)25(28-3)27(22)30-26(21)24/h5-16H,1-2,4H3/q+1/i5D,6D,7D,8D,9D. The Kier molecular flexibility index (Phi) is 3.05. The van der Waals surface area contributed by atoms with E-state index in [9.17, 15) is 0 Å². The van der Waals surface area contributed by atoms with E-state index in [1.165, 1.54) is 0 Å². The molecule has 0 N–H and O–H groups in total. The van der Waals surface area contributed by atoms with Crippen molar-refractivity contribution in [3.05, 3.63) is 95.4 Å². The number of aromatic nitrogens is 1. The fourth-order valence-corrected chi connectivity index (χ4v) is 3.93. The summed E-state index contributed by atoms with van der Waals surface area (Å²) >= 11 is 0. The minimum absolute atomic E-state index is 0.00848. The molecule has 0 radical (unpaired) electrons. The highest BCUT2D eigenvalue weighted by atomic mass is 16.3. The molecule has 0 aliphatic rings. The molecule has 0 aliphatic heterocycles. The Morgan fingerprint density at radius 1 is 0.967 bits per heavy atom. The van der Waals surface area contributed by atoms with Crippen molar-refractivity contribution in [2.45, 2.75) is 13.8 Å². The van der Waals surface area contributed by atoms with E-state index >= 15 is 0 Å². The Balaban J connectivity index is 1.90. The van der Waals surface area contributed by atoms with Crippen LogP contribution in [0.15, 0.2) is 77.2 Å². The van der Waals surface area contributed by atoms with Gasteiger partial charge in [-0.05, 0) is 36.1 Å². The number of rotatable bonds is 2. The Morgan fingerprint density at radius 3 is 2.47 bits per heavy atom. The van der Waals surface area contributed by atoms with Crippen LogP contribution in [0.1, 0.15) is 18.0 Å². The molecule has 0 aliphatic carbocycles. The van der Waals surface area contributed by atoms with E-state index in [0.29, 0.717) is 11.2 Å². The van der Waals surface area contributed by atoms with Gasteiger partial charge in [-0.3, -0.25) is 0 Å². The molecule has 3 nitrogen and oxygen atoms in total. The third-order valence-electron chi connectivity index (χ3n) is 5.43. The molecule has 30 heavy (non-hydrogen) atoms. The van der Waals surface area contributed by atoms with Crippen molar-refractivity contribution in [3.63, 3.8) is 0 Å². The van der Waals surface area contributed by atoms with Gasteiger partial charge in [0.05, 0.1) is 19.0 Å². The van der Waals surface area contributed by atoms with E-state index in [1.807, 2.05) is 49.9 Å². The van der Waals surface area contributed by atoms with Crippen molar-refractivity contribution < 1.29 is 15.8 Å². The quantitative estimate of drug-likeness (QED) is 0.235. The molecule has 0 atom stereocenters. The summed E-state index contributed by atoms with van der Waals surface area (Å²) in [4.78, 5) is 3.71. The summed E-state index contributed by atoms with van der Waals surface area (Å²) in [6, 6.07) is 9.50. The number of nitrogens with zero attached hydrogens (tertiary/aromatic N) is 2. The molecular formula is C27H21N2O+. The van der Waals surface area contributed by atoms with Crippen LogP contribution in [-0.4, -0.2) is 0 Å². The van der Waals surface area contributed by atoms with Gasteiger partial charge in [-0.1, -0.05) is 54.5 Å². The van der Waals surface area contributed by atoms with Gasteiger partial charge in [-0.25, -0.2) is 9.41 Å². The largest absolute Gasteiger partial charge is 0.466 e. The van der Waals surface area contributed by atoms with E-state index in [2.05, 4.69) is 10.9 Å². The second-order valence-electron chi connectivity index (χ2n) is 7.39. The fourth-order valence-electron chi connectivity index (χ4n) is 3.93. The molecule has 0 saturated heterocycles. The van der Waals surface area contributed by atoms with Crippen molar-refractivity contribution in [1.29, 1.82) is 0 Å². The normalized spacial score (nSPS) is 13.5. The second kappa shape index (κ2) is 6.86. The van der Waals surface area contributed by atoms with Gasteiger partial charge in [0.25, 0.3) is 0 Å². The lowest BCUT2D eigenvalue weighted by molar-refractivity contribution is -0.660. The van der Waals surface area contributed by atoms with Crippen LogP contribution >= 0.6 is 0 Å². The lowest BCUT2D eigenvalue weighted by Gasteiger charge is -2.06. The topological polar surface area (TPSA) is 21.4 Å². The lowest BCUT2D eigenvalue weighted by Crippen LogP contribution is -2.30. The maximum absolute atomic E-state index is 8.37. The number of benzene rings is 3. The number of hydrogen-bond acceptors (Lipinski definition) is 1. The summed E-state index contributed by atoms with van der Waals surface area (Å²) in [5.74, 6) is 0. The van der Waals surface area contributed by atoms with Crippen LogP contribution in [-0.2, 0) is 7.05 Å². The molecule has 5 aromatic rings. The molecule has 0 amide bonds. The maximum Gasteiger partial charge on any atom is 0.237 e. The highest BCUT2D eigenvalue weighted by Crippen LogP contribution is 2.44. The van der Waals surface area contributed by atoms with Gasteiger partial charge in [0, 0.05) is 22.9 Å². The van der Waals surface area contributed by atoms with Crippen LogP contribution < -0.4 is 4.57 Å². The Morgan fingerprint density at radius 2 is 1.70 bits per heavy atom. The number of aryl methyl sites for hydroxylation is 3. The number of fused-ring (bicyclic) bond motifs is 3. The third-order valence-corrected chi connectivity index (χ3v) is 5.43. The van der Waals surface area contributed by atoms with E-state index in [4.69, 9.17) is 17.8 Å². The first-order chi connectivity index (χ1) is 16.6. The predicted octanol–water partition coefficient (Wildman–Crippen LogP) is 6.91. The molecule has 0 fully saturated rings. The average Bonchev–Trinajstić information content (AvgIpc) is 3.21. The SMILES string of the molecule is [2H]c1c([2H])c([2H])c(-c2ccc3c(oc4c(-c5cc(C)cc[n+]5C)c(C)ccc43)c2[N+]#[C-])c([2H])c1[2H]. The zero-order chi connectivity index (χ0) is 25.2. The monoisotopic (exact) mass is 394 g/mol. The van der Waals surface area contributed by atoms with Crippen molar-refractivity contribution in [1.82, 2.24) is 0 Å². The first-order valence-electron chi connectivity index (χ1n) is 12.1. The van der Waals surface area contributed by atoms with Crippen LogP contribution in [0.4, 0.5) is 5.69 Å². The smallest absolute Gasteiger partial charge is 0.237 e. The van der Waals surface area contributed by atoms with Crippen molar-refractivity contribution >= 4 is 27.6 Å². The van der Waals surface area contributed by atoms with Gasteiger partial charge in [-0.15, -0.1) is 0 Å². The Hall–Kier alpha value is -3.90. The summed E-state index contributed by atoms with van der Waals surface area (Å²) < 4.78 is 49.1. The molecule has 0 spiro atoms. The number of hydrogen-bond donors (Lipinski definition) is 0. The van der Waals surface area contributed by atoms with Gasteiger partial charge in [-0.2, -0.15) is 0 Å². The zero-order valence-corrected chi connectivity index (χ0v) is 16.8. The van der Waals surface area contributed by atoms with Crippen molar-refractivity contribution in [2.75, 3.05) is 0 Å². The molecule has 5 rings (SSSR count). The molecule has 0 saturated carbocycles. The van der Waals surface area contributed by atoms with Crippen LogP contribution in [0.25, 0.3) is 49.2 Å². The van der Waals surface area contributed by atoms with Crippen LogP contribution in [0.3, 0.4) is 0 Å². The van der Waals surface area contributed by atoms with E-state index < -0.39 is 18.1 Å². The lowest BCUT2D eigenvalue weighted by atomic mass is 9.98. The number of pyridine rings is 1. The van der Waals surface area contributed by atoms with Crippen LogP contribution in [0.5, 0.6) is 0 Å². The first kappa shape index (κ1) is 13.3. The molecule has 3 aromatic carbocycles. The molecule has 2 heterocycles. The Labute approximate surface area is 182 Å². The molecule has 2 aromatic heterocycles. The maximum atomic E-state index is 8.37. The third kappa shape index (κ3) is 2.69. The van der Waals surface area contributed by atoms with Gasteiger partial charge in [0.15, 0.2) is 6.20 Å². The fraction of sp³-hybridized carbons (Fsp3) is 0.111. The summed E-state index contributed by atoms with van der Waals surface area (Å²) in [7, 11) is 1.97. The first-order valence-corrected chi connectivity index (χ1v) is 9.56. The van der Waals surface area contributed by atoms with E-state index in [0.717, 1.165) is 33.2 Å². The minimum atomic E-state index is -0.468. The molecule has 144 valence electrons. The second-order valence-corrected chi connectivity index (χ2v) is 7.39. The summed E-state index contributed by atoms with van der Waals surface area (Å²) in [6.07, 6.45) is 1.99. The molecule has 0 bridgehead atoms. The molecule has 0 unspecified atom stereocenters. The van der Waals surface area contributed by atoms with Gasteiger partial charge in [0.1, 0.15) is 18.2 Å². The van der Waals surface area contributed by atoms with Gasteiger partial charge < -0.3 is 4.42 Å². The van der Waals surface area contributed by atoms with E-state index in [-0.39, 0.29) is 28.9 Å². The summed E-state index contributed by atoms with van der Waals surface area (Å²) in [5, 5.41) is 1.58. The molecular weight excluding hydrogens is 368 g/mol.